The summed E-state index contributed by atoms with van der Waals surface area (Å²) in [5.41, 5.74) is 2.36. The highest BCUT2D eigenvalue weighted by atomic mass is 16.2. The van der Waals surface area contributed by atoms with Crippen LogP contribution in [0, 0.1) is 5.92 Å². The van der Waals surface area contributed by atoms with Crippen molar-refractivity contribution in [1.29, 1.82) is 0 Å². The molecule has 2 amide bonds. The Morgan fingerprint density at radius 1 is 1.25 bits per heavy atom. The summed E-state index contributed by atoms with van der Waals surface area (Å²) in [5.74, 6) is -0.182. The van der Waals surface area contributed by atoms with Gasteiger partial charge in [0.05, 0.1) is 5.92 Å². The molecular formula is C18H24N4O2. The number of benzene rings is 1. The van der Waals surface area contributed by atoms with E-state index in [1.165, 1.54) is 10.9 Å². The molecule has 2 heterocycles. The molecule has 1 aliphatic rings. The van der Waals surface area contributed by atoms with Gasteiger partial charge in [-0.15, -0.1) is 0 Å². The lowest BCUT2D eigenvalue weighted by molar-refractivity contribution is -0.130. The topological polar surface area (TPSA) is 68.4 Å². The van der Waals surface area contributed by atoms with Crippen LogP contribution < -0.4 is 5.32 Å². The number of aromatic amines is 1. The number of amides is 2. The second-order valence-electron chi connectivity index (χ2n) is 6.37. The minimum Gasteiger partial charge on any atom is -0.361 e. The van der Waals surface area contributed by atoms with Crippen molar-refractivity contribution in [1.82, 2.24) is 20.1 Å². The van der Waals surface area contributed by atoms with Crippen LogP contribution in [0.2, 0.25) is 0 Å². The Bertz CT molecular complexity index is 739. The summed E-state index contributed by atoms with van der Waals surface area (Å²) in [6, 6.07) is 8.31. The van der Waals surface area contributed by atoms with E-state index in [1.54, 1.807) is 18.9 Å². The monoisotopic (exact) mass is 328 g/mol. The summed E-state index contributed by atoms with van der Waals surface area (Å²) < 4.78 is 0. The van der Waals surface area contributed by atoms with E-state index < -0.39 is 0 Å². The first-order valence-electron chi connectivity index (χ1n) is 8.33. The fraction of sp³-hybridized carbons (Fsp3) is 0.444. The number of aromatic nitrogens is 1. The molecule has 1 saturated heterocycles. The molecule has 0 radical (unpaired) electrons. The normalized spacial score (nSPS) is 19.2. The lowest BCUT2D eigenvalue weighted by atomic mass is 10.1. The van der Waals surface area contributed by atoms with Crippen LogP contribution in [0.25, 0.3) is 10.9 Å². The summed E-state index contributed by atoms with van der Waals surface area (Å²) in [7, 11) is 1.65. The maximum absolute atomic E-state index is 12.2. The molecule has 1 unspecified atom stereocenters. The van der Waals surface area contributed by atoms with E-state index >= 15 is 0 Å². The fourth-order valence-corrected chi connectivity index (χ4v) is 3.41. The third-order valence-corrected chi connectivity index (χ3v) is 4.75. The molecule has 0 spiro atoms. The van der Waals surface area contributed by atoms with Crippen molar-refractivity contribution < 1.29 is 9.59 Å². The minimum absolute atomic E-state index is 0.00648. The second kappa shape index (κ2) is 7.05. The van der Waals surface area contributed by atoms with Crippen molar-refractivity contribution in [2.45, 2.75) is 13.5 Å². The van der Waals surface area contributed by atoms with Crippen LogP contribution in [-0.4, -0.2) is 59.8 Å². The van der Waals surface area contributed by atoms with E-state index in [2.05, 4.69) is 33.4 Å². The molecule has 1 fully saturated rings. The predicted octanol–water partition coefficient (Wildman–Crippen LogP) is 1.19. The number of hydrogen-bond acceptors (Lipinski definition) is 3. The zero-order valence-electron chi connectivity index (χ0n) is 14.2. The lowest BCUT2D eigenvalue weighted by Gasteiger charge is -2.23. The van der Waals surface area contributed by atoms with Crippen LogP contribution in [0.4, 0.5) is 0 Å². The van der Waals surface area contributed by atoms with E-state index in [4.69, 9.17) is 0 Å². The van der Waals surface area contributed by atoms with Crippen molar-refractivity contribution >= 4 is 22.7 Å². The molecule has 2 aromatic rings. The number of H-pyrrole nitrogens is 1. The molecule has 1 aliphatic heterocycles. The molecule has 128 valence electrons. The maximum atomic E-state index is 12.2. The standard InChI is InChI=1S/C18H24N4O2/c1-13(23)22-9-8-21(11-15(12-22)18(24)19-2)10-14-4-3-5-17-16(14)6-7-20-17/h3-7,15,20H,8-12H2,1-2H3,(H,19,24). The van der Waals surface area contributed by atoms with Gasteiger partial charge in [0.25, 0.3) is 0 Å². The van der Waals surface area contributed by atoms with Crippen LogP contribution in [0.5, 0.6) is 0 Å². The first-order chi connectivity index (χ1) is 11.6. The smallest absolute Gasteiger partial charge is 0.225 e. The van der Waals surface area contributed by atoms with Gasteiger partial charge >= 0.3 is 0 Å². The largest absolute Gasteiger partial charge is 0.361 e. The van der Waals surface area contributed by atoms with Gasteiger partial charge in [0.2, 0.25) is 11.8 Å². The molecule has 2 N–H and O–H groups in total. The molecule has 3 rings (SSSR count). The molecule has 6 nitrogen and oxygen atoms in total. The number of nitrogens with zero attached hydrogens (tertiary/aromatic N) is 2. The third kappa shape index (κ3) is 3.43. The average molecular weight is 328 g/mol. The van der Waals surface area contributed by atoms with Crippen LogP contribution >= 0.6 is 0 Å². The molecule has 24 heavy (non-hydrogen) atoms. The first kappa shape index (κ1) is 16.5. The number of carbonyl (C=O) groups excluding carboxylic acids is 2. The Labute approximate surface area is 141 Å². The van der Waals surface area contributed by atoms with Crippen molar-refractivity contribution in [3.63, 3.8) is 0 Å². The number of hydrogen-bond donors (Lipinski definition) is 2. The Hall–Kier alpha value is -2.34. The quantitative estimate of drug-likeness (QED) is 0.889. The molecule has 0 aliphatic carbocycles. The van der Waals surface area contributed by atoms with Crippen molar-refractivity contribution in [2.75, 3.05) is 33.2 Å². The summed E-state index contributed by atoms with van der Waals surface area (Å²) in [5, 5.41) is 3.93. The second-order valence-corrected chi connectivity index (χ2v) is 6.37. The van der Waals surface area contributed by atoms with Gasteiger partial charge in [-0.25, -0.2) is 0 Å². The van der Waals surface area contributed by atoms with Crippen LogP contribution in [-0.2, 0) is 16.1 Å². The highest BCUT2D eigenvalue weighted by Gasteiger charge is 2.28. The zero-order chi connectivity index (χ0) is 17.1. The molecule has 0 bridgehead atoms. The Morgan fingerprint density at radius 2 is 2.08 bits per heavy atom. The van der Waals surface area contributed by atoms with E-state index in [1.807, 2.05) is 12.3 Å². The highest BCUT2D eigenvalue weighted by Crippen LogP contribution is 2.20. The number of rotatable bonds is 3. The number of carbonyl (C=O) groups is 2. The Morgan fingerprint density at radius 3 is 2.83 bits per heavy atom. The van der Waals surface area contributed by atoms with Crippen LogP contribution in [0.3, 0.4) is 0 Å². The van der Waals surface area contributed by atoms with Crippen molar-refractivity contribution in [3.8, 4) is 0 Å². The third-order valence-electron chi connectivity index (χ3n) is 4.75. The maximum Gasteiger partial charge on any atom is 0.225 e. The molecular weight excluding hydrogens is 304 g/mol. The van der Waals surface area contributed by atoms with E-state index in [0.717, 1.165) is 18.6 Å². The number of fused-ring (bicyclic) bond motifs is 1. The van der Waals surface area contributed by atoms with Gasteiger partial charge < -0.3 is 15.2 Å². The highest BCUT2D eigenvalue weighted by molar-refractivity contribution is 5.83. The van der Waals surface area contributed by atoms with Crippen molar-refractivity contribution in [3.05, 3.63) is 36.0 Å². The van der Waals surface area contributed by atoms with Gasteiger partial charge in [-0.3, -0.25) is 14.5 Å². The van der Waals surface area contributed by atoms with Gasteiger partial charge in [0.15, 0.2) is 0 Å². The molecule has 1 atom stereocenters. The Balaban J connectivity index is 1.80. The SMILES string of the molecule is CNC(=O)C1CN(Cc2cccc3[nH]ccc23)CCN(C(C)=O)C1. The van der Waals surface area contributed by atoms with Crippen molar-refractivity contribution in [2.24, 2.45) is 5.92 Å². The summed E-state index contributed by atoms with van der Waals surface area (Å²) in [6.45, 7) is 4.91. The summed E-state index contributed by atoms with van der Waals surface area (Å²) >= 11 is 0. The minimum atomic E-state index is -0.202. The number of nitrogens with one attached hydrogen (secondary N) is 2. The molecule has 6 heteroatoms. The van der Waals surface area contributed by atoms with E-state index in [-0.39, 0.29) is 17.7 Å². The first-order valence-corrected chi connectivity index (χ1v) is 8.33. The van der Waals surface area contributed by atoms with Gasteiger partial charge in [-0.05, 0) is 17.7 Å². The van der Waals surface area contributed by atoms with Gasteiger partial charge in [-0.2, -0.15) is 0 Å². The molecule has 1 aromatic heterocycles. The average Bonchev–Trinajstić information content (AvgIpc) is 2.95. The summed E-state index contributed by atoms with van der Waals surface area (Å²) in [6.07, 6.45) is 1.95. The van der Waals surface area contributed by atoms with Crippen LogP contribution in [0.15, 0.2) is 30.5 Å². The zero-order valence-corrected chi connectivity index (χ0v) is 14.2. The predicted molar refractivity (Wildman–Crippen MR) is 93.4 cm³/mol. The van der Waals surface area contributed by atoms with Gasteiger partial charge in [0.1, 0.15) is 0 Å². The van der Waals surface area contributed by atoms with E-state index in [0.29, 0.717) is 19.6 Å². The molecule has 0 saturated carbocycles. The summed E-state index contributed by atoms with van der Waals surface area (Å²) in [4.78, 5) is 31.2. The molecule has 1 aromatic carbocycles. The van der Waals surface area contributed by atoms with Crippen LogP contribution in [0.1, 0.15) is 12.5 Å². The lowest BCUT2D eigenvalue weighted by Crippen LogP contribution is -2.40. The van der Waals surface area contributed by atoms with Gasteiger partial charge in [0, 0.05) is 63.8 Å². The van der Waals surface area contributed by atoms with E-state index in [9.17, 15) is 9.59 Å². The Kier molecular flexibility index (Phi) is 4.85. The fourth-order valence-electron chi connectivity index (χ4n) is 3.41. The van der Waals surface area contributed by atoms with Gasteiger partial charge in [-0.1, -0.05) is 12.1 Å².